The standard InChI is InChI=1S/C44H27N5/c45-26-28-25-42(29(27-46)24-41(28)48-35-18-8-4-14-31(35)32-15-5-9-19-36(32)48)49-38-21-11-7-17-34(38)44-40(49)23-22-39-43(44)33-16-6-10-20-37(33)47(39)30-12-2-1-3-13-30/h1-25,27,46H. The molecular weight excluding hydrogens is 599 g/mol. The van der Waals surface area contributed by atoms with E-state index in [1.54, 1.807) is 0 Å². The Balaban J connectivity index is 1.31. The fourth-order valence-corrected chi connectivity index (χ4v) is 7.99. The summed E-state index contributed by atoms with van der Waals surface area (Å²) in [6, 6.07) is 55.1. The van der Waals surface area contributed by atoms with Gasteiger partial charge in [-0.1, -0.05) is 91.0 Å². The van der Waals surface area contributed by atoms with Gasteiger partial charge >= 0.3 is 0 Å². The molecule has 7 aromatic carbocycles. The predicted molar refractivity (Wildman–Crippen MR) is 202 cm³/mol. The number of hydrogen-bond acceptors (Lipinski definition) is 2. The Morgan fingerprint density at radius 1 is 0.449 bits per heavy atom. The molecule has 0 saturated carbocycles. The van der Waals surface area contributed by atoms with E-state index in [-0.39, 0.29) is 0 Å². The van der Waals surface area contributed by atoms with E-state index in [1.165, 1.54) is 17.0 Å². The normalized spacial score (nSPS) is 11.7. The fourth-order valence-electron chi connectivity index (χ4n) is 7.99. The third kappa shape index (κ3) is 3.71. The molecule has 10 rings (SSSR count). The lowest BCUT2D eigenvalue weighted by Gasteiger charge is -2.16. The van der Waals surface area contributed by atoms with Crippen molar-refractivity contribution in [3.8, 4) is 23.1 Å². The Kier molecular flexibility index (Phi) is 5.73. The van der Waals surface area contributed by atoms with Crippen molar-refractivity contribution in [2.75, 3.05) is 0 Å². The zero-order valence-electron chi connectivity index (χ0n) is 26.3. The van der Waals surface area contributed by atoms with E-state index < -0.39 is 0 Å². The lowest BCUT2D eigenvalue weighted by atomic mass is 10.1. The van der Waals surface area contributed by atoms with Crippen LogP contribution in [0.1, 0.15) is 11.1 Å². The van der Waals surface area contributed by atoms with Gasteiger partial charge in [0, 0.05) is 49.8 Å². The van der Waals surface area contributed by atoms with Crippen LogP contribution in [-0.2, 0) is 0 Å². The van der Waals surface area contributed by atoms with Crippen LogP contribution in [0.3, 0.4) is 0 Å². The molecule has 0 spiro atoms. The van der Waals surface area contributed by atoms with E-state index in [0.717, 1.165) is 77.3 Å². The lowest BCUT2D eigenvalue weighted by molar-refractivity contribution is 1.13. The second-order valence-electron chi connectivity index (χ2n) is 12.4. The molecule has 5 nitrogen and oxygen atoms in total. The molecule has 228 valence electrons. The van der Waals surface area contributed by atoms with Crippen molar-refractivity contribution in [2.45, 2.75) is 0 Å². The Labute approximate surface area is 281 Å². The van der Waals surface area contributed by atoms with E-state index in [1.807, 2.05) is 42.5 Å². The topological polar surface area (TPSA) is 62.4 Å². The summed E-state index contributed by atoms with van der Waals surface area (Å²) in [7, 11) is 0. The first-order chi connectivity index (χ1) is 24.3. The Bertz CT molecular complexity index is 2970. The summed E-state index contributed by atoms with van der Waals surface area (Å²) in [5, 5.41) is 26.3. The summed E-state index contributed by atoms with van der Waals surface area (Å²) in [5.74, 6) is 0. The maximum Gasteiger partial charge on any atom is 0.101 e. The number of para-hydroxylation sites is 5. The van der Waals surface area contributed by atoms with Crippen molar-refractivity contribution in [2.24, 2.45) is 0 Å². The SMILES string of the molecule is N#Cc1cc(-n2c3ccccc3c3c4c5ccccc5n(-c5ccccc5)c4ccc32)c(C=N)cc1-n1c2ccccc2c2ccccc21. The van der Waals surface area contributed by atoms with Gasteiger partial charge in [-0.2, -0.15) is 5.26 Å². The van der Waals surface area contributed by atoms with Gasteiger partial charge < -0.3 is 19.1 Å². The molecule has 0 unspecified atom stereocenters. The van der Waals surface area contributed by atoms with Crippen LogP contribution in [0.15, 0.2) is 152 Å². The van der Waals surface area contributed by atoms with Gasteiger partial charge in [-0.15, -0.1) is 0 Å². The van der Waals surface area contributed by atoms with Crippen LogP contribution in [0.25, 0.3) is 82.5 Å². The van der Waals surface area contributed by atoms with Crippen LogP contribution in [0.5, 0.6) is 0 Å². The van der Waals surface area contributed by atoms with Crippen LogP contribution in [0, 0.1) is 16.7 Å². The van der Waals surface area contributed by atoms with Crippen molar-refractivity contribution in [1.82, 2.24) is 13.7 Å². The molecule has 3 heterocycles. The van der Waals surface area contributed by atoms with E-state index >= 15 is 0 Å². The summed E-state index contributed by atoms with van der Waals surface area (Å²) in [6.07, 6.45) is 1.41. The highest BCUT2D eigenvalue weighted by Gasteiger charge is 2.23. The van der Waals surface area contributed by atoms with Crippen molar-refractivity contribution in [1.29, 1.82) is 10.7 Å². The van der Waals surface area contributed by atoms with Gasteiger partial charge in [0.15, 0.2) is 0 Å². The largest absolute Gasteiger partial charge is 0.309 e. The molecule has 3 aromatic heterocycles. The molecule has 1 N–H and O–H groups in total. The number of fused-ring (bicyclic) bond motifs is 10. The maximum absolute atomic E-state index is 10.7. The van der Waals surface area contributed by atoms with Gasteiger partial charge in [0.2, 0.25) is 0 Å². The minimum Gasteiger partial charge on any atom is -0.309 e. The molecule has 0 aliphatic heterocycles. The molecular formula is C44H27N5. The first-order valence-corrected chi connectivity index (χ1v) is 16.3. The minimum absolute atomic E-state index is 0.541. The van der Waals surface area contributed by atoms with Crippen molar-refractivity contribution in [3.63, 3.8) is 0 Å². The zero-order valence-corrected chi connectivity index (χ0v) is 26.3. The highest BCUT2D eigenvalue weighted by molar-refractivity contribution is 6.29. The quantitative estimate of drug-likeness (QED) is 0.194. The van der Waals surface area contributed by atoms with E-state index in [4.69, 9.17) is 5.41 Å². The molecule has 0 aliphatic carbocycles. The van der Waals surface area contributed by atoms with Gasteiger partial charge in [0.25, 0.3) is 0 Å². The third-order valence-electron chi connectivity index (χ3n) is 9.97. The molecule has 49 heavy (non-hydrogen) atoms. The first-order valence-electron chi connectivity index (χ1n) is 16.3. The van der Waals surface area contributed by atoms with Gasteiger partial charge in [-0.25, -0.2) is 0 Å². The van der Waals surface area contributed by atoms with Crippen LogP contribution in [0.2, 0.25) is 0 Å². The Morgan fingerprint density at radius 3 is 1.45 bits per heavy atom. The molecule has 0 radical (unpaired) electrons. The van der Waals surface area contributed by atoms with Crippen LogP contribution in [-0.4, -0.2) is 19.9 Å². The fraction of sp³-hybridized carbons (Fsp3) is 0. The van der Waals surface area contributed by atoms with Crippen molar-refractivity contribution < 1.29 is 0 Å². The molecule has 0 fully saturated rings. The molecule has 0 bridgehead atoms. The number of aromatic nitrogens is 3. The van der Waals surface area contributed by atoms with E-state index in [0.29, 0.717) is 5.56 Å². The van der Waals surface area contributed by atoms with Gasteiger partial charge in [0.05, 0.1) is 50.0 Å². The Morgan fingerprint density at radius 2 is 0.898 bits per heavy atom. The molecule has 0 atom stereocenters. The highest BCUT2D eigenvalue weighted by Crippen LogP contribution is 2.43. The molecule has 0 saturated heterocycles. The molecule has 10 aromatic rings. The minimum atomic E-state index is 0.541. The van der Waals surface area contributed by atoms with Crippen LogP contribution in [0.4, 0.5) is 0 Å². The highest BCUT2D eigenvalue weighted by atomic mass is 15.0. The van der Waals surface area contributed by atoms with Gasteiger partial charge in [-0.05, 0) is 60.7 Å². The number of hydrogen-bond donors (Lipinski definition) is 1. The lowest BCUT2D eigenvalue weighted by Crippen LogP contribution is -2.05. The van der Waals surface area contributed by atoms with Gasteiger partial charge in [0.1, 0.15) is 6.07 Å². The maximum atomic E-state index is 10.7. The number of rotatable bonds is 4. The third-order valence-corrected chi connectivity index (χ3v) is 9.97. The Hall–Kier alpha value is -6.90. The zero-order chi connectivity index (χ0) is 32.6. The summed E-state index contributed by atoms with van der Waals surface area (Å²) >= 11 is 0. The summed E-state index contributed by atoms with van der Waals surface area (Å²) < 4.78 is 6.73. The number of nitriles is 1. The predicted octanol–water partition coefficient (Wildman–Crippen LogP) is 10.8. The number of nitrogens with one attached hydrogen (secondary N) is 1. The molecule has 5 heteroatoms. The first kappa shape index (κ1) is 27.2. The summed E-state index contributed by atoms with van der Waals surface area (Å²) in [6.45, 7) is 0. The second-order valence-corrected chi connectivity index (χ2v) is 12.4. The second kappa shape index (κ2) is 10.3. The van der Waals surface area contributed by atoms with Crippen molar-refractivity contribution >= 4 is 71.6 Å². The van der Waals surface area contributed by atoms with E-state index in [9.17, 15) is 5.26 Å². The van der Waals surface area contributed by atoms with Crippen molar-refractivity contribution in [3.05, 3.63) is 163 Å². The monoisotopic (exact) mass is 625 g/mol. The number of benzene rings is 7. The van der Waals surface area contributed by atoms with Gasteiger partial charge in [-0.3, -0.25) is 0 Å². The average molecular weight is 626 g/mol. The van der Waals surface area contributed by atoms with Crippen LogP contribution >= 0.6 is 0 Å². The van der Waals surface area contributed by atoms with Crippen LogP contribution < -0.4 is 0 Å². The average Bonchev–Trinajstić information content (AvgIpc) is 3.80. The summed E-state index contributed by atoms with van der Waals surface area (Å²) in [5.41, 5.74) is 10.3. The summed E-state index contributed by atoms with van der Waals surface area (Å²) in [4.78, 5) is 0. The molecule has 0 aliphatic rings. The van der Waals surface area contributed by atoms with E-state index in [2.05, 4.69) is 129 Å². The molecule has 0 amide bonds. The number of nitrogens with zero attached hydrogens (tertiary/aromatic N) is 4. The smallest absolute Gasteiger partial charge is 0.101 e.